The van der Waals surface area contributed by atoms with Crippen molar-refractivity contribution in [1.82, 2.24) is 0 Å². The fourth-order valence-electron chi connectivity index (χ4n) is 3.69. The normalized spacial score (nSPS) is 12.2. The molecule has 0 saturated carbocycles. The predicted molar refractivity (Wildman–Crippen MR) is 117 cm³/mol. The van der Waals surface area contributed by atoms with Crippen molar-refractivity contribution in [3.8, 4) is 11.5 Å². The molecule has 12 heteroatoms. The summed E-state index contributed by atoms with van der Waals surface area (Å²) in [6, 6.07) is 9.38. The molecule has 0 radical (unpaired) electrons. The van der Waals surface area contributed by atoms with E-state index in [0.717, 1.165) is 24.3 Å². The number of aryl methyl sites for hydroxylation is 1. The van der Waals surface area contributed by atoms with Crippen molar-refractivity contribution in [1.29, 1.82) is 0 Å². The van der Waals surface area contributed by atoms with E-state index in [9.17, 15) is 45.3 Å². The Labute approximate surface area is 200 Å². The quantitative estimate of drug-likeness (QED) is 0.204. The predicted octanol–water partition coefficient (Wildman–Crippen LogP) is 6.81. The first-order valence-corrected chi connectivity index (χ1v) is 10.4. The third-order valence-electron chi connectivity index (χ3n) is 5.31. The molecule has 194 valence electrons. The summed E-state index contributed by atoms with van der Waals surface area (Å²) in [5.41, 5.74) is -0.775. The Balaban J connectivity index is 2.13. The Morgan fingerprint density at radius 2 is 1.11 bits per heavy atom. The molecule has 0 heterocycles. The summed E-state index contributed by atoms with van der Waals surface area (Å²) in [5.74, 6) is -4.87. The van der Waals surface area contributed by atoms with Crippen LogP contribution in [0.1, 0.15) is 28.2 Å². The number of hydrogen-bond donors (Lipinski definition) is 4. The number of anilines is 2. The van der Waals surface area contributed by atoms with Crippen molar-refractivity contribution >= 4 is 11.4 Å². The lowest BCUT2D eigenvalue weighted by atomic mass is 9.82. The number of phenolic OH excluding ortho intramolecular Hbond substituents is 2. The second-order valence-electron chi connectivity index (χ2n) is 8.01. The van der Waals surface area contributed by atoms with Crippen LogP contribution in [-0.4, -0.2) is 35.7 Å². The number of hydrogen-bond acceptors (Lipinski definition) is 4. The topological polar surface area (TPSA) is 64.5 Å². The zero-order chi connectivity index (χ0) is 26.8. The molecule has 36 heavy (non-hydrogen) atoms. The summed E-state index contributed by atoms with van der Waals surface area (Å²) in [5, 5.41) is 24.9. The molecule has 0 fully saturated rings. The molecule has 0 unspecified atom stereocenters. The van der Waals surface area contributed by atoms with Gasteiger partial charge in [-0.15, -0.1) is 0 Å². The van der Waals surface area contributed by atoms with Crippen LogP contribution in [0.15, 0.2) is 48.5 Å². The van der Waals surface area contributed by atoms with Gasteiger partial charge in [0.15, 0.2) is 0 Å². The zero-order valence-electron chi connectivity index (χ0n) is 18.5. The number of halogens is 8. The van der Waals surface area contributed by atoms with E-state index in [1.54, 1.807) is 31.2 Å². The van der Waals surface area contributed by atoms with Crippen LogP contribution in [0.3, 0.4) is 0 Å². The molecular weight excluding hydrogens is 500 g/mol. The van der Waals surface area contributed by atoms with E-state index in [1.807, 2.05) is 10.6 Å². The molecule has 3 rings (SSSR count). The number of benzene rings is 3. The summed E-state index contributed by atoms with van der Waals surface area (Å²) >= 11 is 0. The van der Waals surface area contributed by atoms with E-state index < -0.39 is 65.9 Å². The standard InChI is InChI=1S/C24H20F8N2O2/c1-12-4-2-3-5-13(12)22(14-6-16(25)18(8-20(14)35)33-10-23(27,28)29)15-7-17(26)19(9-21(15)36)34-11-24(30,31)32/h2-9,22,33-36H,10-11H2,1H3. The van der Waals surface area contributed by atoms with E-state index >= 15 is 0 Å². The fraction of sp³-hybridized carbons (Fsp3) is 0.250. The zero-order valence-corrected chi connectivity index (χ0v) is 18.5. The highest BCUT2D eigenvalue weighted by atomic mass is 19.4. The summed E-state index contributed by atoms with van der Waals surface area (Å²) in [6.07, 6.45) is -9.31. The largest absolute Gasteiger partial charge is 0.508 e. The van der Waals surface area contributed by atoms with Crippen molar-refractivity contribution in [3.05, 3.63) is 82.4 Å². The lowest BCUT2D eigenvalue weighted by Gasteiger charge is -2.24. The summed E-state index contributed by atoms with van der Waals surface area (Å²) < 4.78 is 105. The Morgan fingerprint density at radius 3 is 1.50 bits per heavy atom. The van der Waals surface area contributed by atoms with Crippen molar-refractivity contribution in [2.45, 2.75) is 25.2 Å². The number of phenols is 2. The SMILES string of the molecule is Cc1ccccc1C(c1cc(F)c(NCC(F)(F)F)cc1O)c1cc(F)c(NCC(F)(F)F)cc1O. The highest BCUT2D eigenvalue weighted by Gasteiger charge is 2.31. The van der Waals surface area contributed by atoms with Crippen LogP contribution in [0, 0.1) is 18.6 Å². The third-order valence-corrected chi connectivity index (χ3v) is 5.31. The van der Waals surface area contributed by atoms with Gasteiger partial charge in [0.05, 0.1) is 11.4 Å². The van der Waals surface area contributed by atoms with Gasteiger partial charge in [-0.25, -0.2) is 8.78 Å². The average molecular weight is 520 g/mol. The van der Waals surface area contributed by atoms with Crippen molar-refractivity contribution in [3.63, 3.8) is 0 Å². The van der Waals surface area contributed by atoms with Gasteiger partial charge >= 0.3 is 12.4 Å². The van der Waals surface area contributed by atoms with Gasteiger partial charge in [-0.05, 0) is 30.2 Å². The minimum atomic E-state index is -4.66. The van der Waals surface area contributed by atoms with Crippen LogP contribution >= 0.6 is 0 Å². The Bertz CT molecular complexity index is 1170. The van der Waals surface area contributed by atoms with E-state index in [2.05, 4.69) is 0 Å². The Hall–Kier alpha value is -3.70. The first-order valence-electron chi connectivity index (χ1n) is 10.4. The van der Waals surface area contributed by atoms with Crippen LogP contribution in [-0.2, 0) is 0 Å². The van der Waals surface area contributed by atoms with Crippen molar-refractivity contribution in [2.24, 2.45) is 0 Å². The highest BCUT2D eigenvalue weighted by Crippen LogP contribution is 2.44. The van der Waals surface area contributed by atoms with E-state index in [0.29, 0.717) is 11.1 Å². The van der Waals surface area contributed by atoms with Gasteiger partial charge in [0.25, 0.3) is 0 Å². The van der Waals surface area contributed by atoms with E-state index in [4.69, 9.17) is 0 Å². The Morgan fingerprint density at radius 1 is 0.694 bits per heavy atom. The number of alkyl halides is 6. The first kappa shape index (κ1) is 26.9. The first-order chi connectivity index (χ1) is 16.7. The Kier molecular flexibility index (Phi) is 7.56. The number of aromatic hydroxyl groups is 2. The van der Waals surface area contributed by atoms with E-state index in [1.165, 1.54) is 0 Å². The minimum absolute atomic E-state index is 0.218. The van der Waals surface area contributed by atoms with Crippen LogP contribution in [0.2, 0.25) is 0 Å². The van der Waals surface area contributed by atoms with Crippen LogP contribution in [0.25, 0.3) is 0 Å². The molecule has 4 N–H and O–H groups in total. The molecule has 0 aromatic heterocycles. The monoisotopic (exact) mass is 520 g/mol. The van der Waals surface area contributed by atoms with Crippen molar-refractivity contribution < 1.29 is 45.3 Å². The highest BCUT2D eigenvalue weighted by molar-refractivity contribution is 5.62. The van der Waals surface area contributed by atoms with Gasteiger partial charge in [0.2, 0.25) is 0 Å². The molecule has 3 aromatic carbocycles. The molecular formula is C24H20F8N2O2. The average Bonchev–Trinajstić information content (AvgIpc) is 2.76. The third kappa shape index (κ3) is 6.49. The second kappa shape index (κ2) is 10.1. The summed E-state index contributed by atoms with van der Waals surface area (Å²) in [4.78, 5) is 0. The van der Waals surface area contributed by atoms with Gasteiger partial charge in [-0.3, -0.25) is 0 Å². The minimum Gasteiger partial charge on any atom is -0.508 e. The van der Waals surface area contributed by atoms with Crippen LogP contribution in [0.5, 0.6) is 11.5 Å². The summed E-state index contributed by atoms with van der Waals surface area (Å²) in [7, 11) is 0. The molecule has 4 nitrogen and oxygen atoms in total. The lowest BCUT2D eigenvalue weighted by Crippen LogP contribution is -2.22. The lowest BCUT2D eigenvalue weighted by molar-refractivity contribution is -0.116. The molecule has 0 spiro atoms. The van der Waals surface area contributed by atoms with Crippen LogP contribution < -0.4 is 10.6 Å². The number of rotatable bonds is 7. The molecule has 0 bridgehead atoms. The van der Waals surface area contributed by atoms with Gasteiger partial charge in [-0.2, -0.15) is 26.3 Å². The second-order valence-corrected chi connectivity index (χ2v) is 8.01. The van der Waals surface area contributed by atoms with Gasteiger partial charge in [0.1, 0.15) is 36.2 Å². The van der Waals surface area contributed by atoms with Gasteiger partial charge < -0.3 is 20.8 Å². The smallest absolute Gasteiger partial charge is 0.405 e. The van der Waals surface area contributed by atoms with Crippen LogP contribution in [0.4, 0.5) is 46.5 Å². The molecule has 0 saturated heterocycles. The van der Waals surface area contributed by atoms with Gasteiger partial charge in [0, 0.05) is 29.2 Å². The molecule has 0 aliphatic rings. The molecule has 0 amide bonds. The van der Waals surface area contributed by atoms with Crippen molar-refractivity contribution in [2.75, 3.05) is 23.7 Å². The molecule has 0 atom stereocenters. The fourth-order valence-corrected chi connectivity index (χ4v) is 3.69. The van der Waals surface area contributed by atoms with E-state index in [-0.39, 0.29) is 11.1 Å². The maximum Gasteiger partial charge on any atom is 0.405 e. The maximum atomic E-state index is 14.8. The molecule has 0 aliphatic heterocycles. The number of nitrogens with one attached hydrogen (secondary N) is 2. The summed E-state index contributed by atoms with van der Waals surface area (Å²) in [6.45, 7) is -1.49. The molecule has 0 aliphatic carbocycles. The van der Waals surface area contributed by atoms with Gasteiger partial charge in [-0.1, -0.05) is 24.3 Å². The molecule has 3 aromatic rings. The maximum absolute atomic E-state index is 14.8.